The number of aromatic nitrogens is 2. The molecule has 0 spiro atoms. The monoisotopic (exact) mass is 243 g/mol. The fraction of sp³-hybridized carbons (Fsp3) is 0.357. The van der Waals surface area contributed by atoms with Crippen LogP contribution < -0.4 is 10.1 Å². The minimum Gasteiger partial charge on any atom is -0.493 e. The summed E-state index contributed by atoms with van der Waals surface area (Å²) >= 11 is 0. The van der Waals surface area contributed by atoms with Crippen molar-refractivity contribution >= 4 is 0 Å². The first-order valence-corrected chi connectivity index (χ1v) is 6.32. The highest BCUT2D eigenvalue weighted by Crippen LogP contribution is 2.29. The zero-order chi connectivity index (χ0) is 12.4. The van der Waals surface area contributed by atoms with Crippen LogP contribution in [0.5, 0.6) is 5.75 Å². The molecule has 0 saturated carbocycles. The summed E-state index contributed by atoms with van der Waals surface area (Å²) in [6.07, 6.45) is 2.19. The van der Waals surface area contributed by atoms with Crippen LogP contribution in [-0.4, -0.2) is 23.9 Å². The molecule has 2 heterocycles. The molecule has 0 fully saturated rings. The average Bonchev–Trinajstić information content (AvgIpc) is 2.87. The van der Waals surface area contributed by atoms with Crippen LogP contribution >= 0.6 is 0 Å². The minimum atomic E-state index is 0.807. The maximum absolute atomic E-state index is 5.62. The lowest BCUT2D eigenvalue weighted by molar-refractivity contribution is 0.288. The number of ether oxygens (including phenoxy) is 1. The number of H-pyrrole nitrogens is 1. The molecule has 1 aliphatic rings. The molecule has 1 aromatic heterocycles. The van der Waals surface area contributed by atoms with E-state index < -0.39 is 0 Å². The Morgan fingerprint density at radius 1 is 1.39 bits per heavy atom. The smallest absolute Gasteiger partial charge is 0.122 e. The van der Waals surface area contributed by atoms with Crippen LogP contribution in [-0.2, 0) is 13.0 Å². The SMILES string of the molecule is CNCc1cc(-c2ccc3c(c2)CCCO3)n[nH]1. The fourth-order valence-electron chi connectivity index (χ4n) is 2.31. The highest BCUT2D eigenvalue weighted by molar-refractivity contribution is 5.62. The standard InChI is InChI=1S/C14H17N3O/c1-15-9-12-8-13(17-16-12)10-4-5-14-11(7-10)3-2-6-18-14/h4-5,7-8,15H,2-3,6,9H2,1H3,(H,16,17). The van der Waals surface area contributed by atoms with E-state index in [9.17, 15) is 0 Å². The van der Waals surface area contributed by atoms with Gasteiger partial charge >= 0.3 is 0 Å². The van der Waals surface area contributed by atoms with E-state index in [1.54, 1.807) is 0 Å². The number of aryl methyl sites for hydroxylation is 1. The Kier molecular flexibility index (Phi) is 3.02. The number of rotatable bonds is 3. The second-order valence-electron chi connectivity index (χ2n) is 4.58. The zero-order valence-corrected chi connectivity index (χ0v) is 10.5. The van der Waals surface area contributed by atoms with Crippen molar-refractivity contribution in [1.82, 2.24) is 15.5 Å². The van der Waals surface area contributed by atoms with Gasteiger partial charge in [0.15, 0.2) is 0 Å². The molecule has 3 rings (SSSR count). The third-order valence-corrected chi connectivity index (χ3v) is 3.20. The molecule has 0 bridgehead atoms. The van der Waals surface area contributed by atoms with Gasteiger partial charge in [0.05, 0.1) is 12.3 Å². The van der Waals surface area contributed by atoms with Crippen LogP contribution in [0.4, 0.5) is 0 Å². The Bertz CT molecular complexity index is 548. The summed E-state index contributed by atoms with van der Waals surface area (Å²) in [4.78, 5) is 0. The van der Waals surface area contributed by atoms with E-state index in [4.69, 9.17) is 4.74 Å². The topological polar surface area (TPSA) is 49.9 Å². The number of nitrogens with one attached hydrogen (secondary N) is 2. The van der Waals surface area contributed by atoms with Crippen LogP contribution in [0.25, 0.3) is 11.3 Å². The van der Waals surface area contributed by atoms with Gasteiger partial charge in [0.1, 0.15) is 5.75 Å². The second kappa shape index (κ2) is 4.82. The zero-order valence-electron chi connectivity index (χ0n) is 10.5. The van der Waals surface area contributed by atoms with Gasteiger partial charge in [0.2, 0.25) is 0 Å². The van der Waals surface area contributed by atoms with Gasteiger partial charge in [-0.3, -0.25) is 5.10 Å². The predicted molar refractivity (Wildman–Crippen MR) is 70.6 cm³/mol. The van der Waals surface area contributed by atoms with Crippen molar-refractivity contribution in [3.8, 4) is 17.0 Å². The van der Waals surface area contributed by atoms with Gasteiger partial charge in [-0.2, -0.15) is 5.10 Å². The van der Waals surface area contributed by atoms with Gasteiger partial charge in [-0.1, -0.05) is 0 Å². The van der Waals surface area contributed by atoms with Crippen LogP contribution in [0.1, 0.15) is 17.7 Å². The van der Waals surface area contributed by atoms with E-state index in [1.807, 2.05) is 7.05 Å². The fourth-order valence-corrected chi connectivity index (χ4v) is 2.31. The summed E-state index contributed by atoms with van der Waals surface area (Å²) < 4.78 is 5.62. The first kappa shape index (κ1) is 11.3. The van der Waals surface area contributed by atoms with Crippen molar-refractivity contribution in [1.29, 1.82) is 0 Å². The molecule has 18 heavy (non-hydrogen) atoms. The van der Waals surface area contributed by atoms with E-state index in [0.29, 0.717) is 0 Å². The van der Waals surface area contributed by atoms with Crippen molar-refractivity contribution in [2.45, 2.75) is 19.4 Å². The van der Waals surface area contributed by atoms with Crippen LogP contribution in [0.15, 0.2) is 24.3 Å². The Balaban J connectivity index is 1.91. The van der Waals surface area contributed by atoms with Crippen molar-refractivity contribution in [3.63, 3.8) is 0 Å². The summed E-state index contributed by atoms with van der Waals surface area (Å²) in [7, 11) is 1.93. The van der Waals surface area contributed by atoms with Crippen molar-refractivity contribution in [2.75, 3.05) is 13.7 Å². The molecule has 1 aliphatic heterocycles. The molecule has 0 unspecified atom stereocenters. The molecular weight excluding hydrogens is 226 g/mol. The Hall–Kier alpha value is -1.81. The third kappa shape index (κ3) is 2.11. The summed E-state index contributed by atoms with van der Waals surface area (Å²) in [5, 5.41) is 10.5. The highest BCUT2D eigenvalue weighted by atomic mass is 16.5. The van der Waals surface area contributed by atoms with E-state index in [-0.39, 0.29) is 0 Å². The summed E-state index contributed by atoms with van der Waals surface area (Å²) in [6, 6.07) is 8.40. The van der Waals surface area contributed by atoms with Gasteiger partial charge < -0.3 is 10.1 Å². The lowest BCUT2D eigenvalue weighted by Crippen LogP contribution is -2.08. The van der Waals surface area contributed by atoms with Crippen molar-refractivity contribution < 1.29 is 4.74 Å². The van der Waals surface area contributed by atoms with Gasteiger partial charge in [0.25, 0.3) is 0 Å². The Morgan fingerprint density at radius 3 is 3.22 bits per heavy atom. The van der Waals surface area contributed by atoms with Gasteiger partial charge in [-0.05, 0) is 49.7 Å². The largest absolute Gasteiger partial charge is 0.493 e. The van der Waals surface area contributed by atoms with E-state index in [2.05, 4.69) is 39.8 Å². The number of fused-ring (bicyclic) bond motifs is 1. The van der Waals surface area contributed by atoms with Crippen LogP contribution in [0, 0.1) is 0 Å². The van der Waals surface area contributed by atoms with E-state index in [1.165, 1.54) is 5.56 Å². The normalized spacial score (nSPS) is 14.1. The second-order valence-corrected chi connectivity index (χ2v) is 4.58. The first-order chi connectivity index (χ1) is 8.86. The molecule has 0 saturated heterocycles. The van der Waals surface area contributed by atoms with Crippen molar-refractivity contribution in [3.05, 3.63) is 35.5 Å². The van der Waals surface area contributed by atoms with E-state index in [0.717, 1.165) is 48.7 Å². The average molecular weight is 243 g/mol. The Morgan fingerprint density at radius 2 is 2.33 bits per heavy atom. The molecule has 0 amide bonds. The molecular formula is C14H17N3O. The highest BCUT2D eigenvalue weighted by Gasteiger charge is 2.12. The summed E-state index contributed by atoms with van der Waals surface area (Å²) in [5.74, 6) is 1.02. The molecule has 0 atom stereocenters. The maximum Gasteiger partial charge on any atom is 0.122 e. The Labute approximate surface area is 106 Å². The molecule has 0 aliphatic carbocycles. The minimum absolute atomic E-state index is 0.807. The molecule has 1 aromatic carbocycles. The molecule has 4 nitrogen and oxygen atoms in total. The van der Waals surface area contributed by atoms with Gasteiger partial charge in [0, 0.05) is 17.8 Å². The molecule has 94 valence electrons. The quantitative estimate of drug-likeness (QED) is 0.868. The number of hydrogen-bond acceptors (Lipinski definition) is 3. The number of benzene rings is 1. The lowest BCUT2D eigenvalue weighted by Gasteiger charge is -2.17. The van der Waals surface area contributed by atoms with Gasteiger partial charge in [-0.25, -0.2) is 0 Å². The van der Waals surface area contributed by atoms with Crippen LogP contribution in [0.3, 0.4) is 0 Å². The van der Waals surface area contributed by atoms with Gasteiger partial charge in [-0.15, -0.1) is 0 Å². The predicted octanol–water partition coefficient (Wildman–Crippen LogP) is 2.12. The maximum atomic E-state index is 5.62. The summed E-state index contributed by atoms with van der Waals surface area (Å²) in [5.41, 5.74) is 4.53. The molecule has 4 heteroatoms. The molecule has 2 N–H and O–H groups in total. The third-order valence-electron chi connectivity index (χ3n) is 3.20. The molecule has 0 radical (unpaired) electrons. The number of hydrogen-bond donors (Lipinski definition) is 2. The number of nitrogens with zero attached hydrogens (tertiary/aromatic N) is 1. The van der Waals surface area contributed by atoms with Crippen LogP contribution in [0.2, 0.25) is 0 Å². The lowest BCUT2D eigenvalue weighted by atomic mass is 10.0. The summed E-state index contributed by atoms with van der Waals surface area (Å²) in [6.45, 7) is 1.64. The number of aromatic amines is 1. The first-order valence-electron chi connectivity index (χ1n) is 6.32. The van der Waals surface area contributed by atoms with Crippen molar-refractivity contribution in [2.24, 2.45) is 0 Å². The molecule has 2 aromatic rings. The van der Waals surface area contributed by atoms with E-state index >= 15 is 0 Å².